The minimum absolute atomic E-state index is 0.00635. The van der Waals surface area contributed by atoms with Crippen molar-refractivity contribution in [1.29, 1.82) is 0 Å². The number of amides is 1. The van der Waals surface area contributed by atoms with Crippen LogP contribution in [0.25, 0.3) is 10.9 Å². The summed E-state index contributed by atoms with van der Waals surface area (Å²) in [4.78, 5) is 18.1. The summed E-state index contributed by atoms with van der Waals surface area (Å²) in [6.45, 7) is 0.522. The van der Waals surface area contributed by atoms with Crippen LogP contribution in [-0.2, 0) is 27.5 Å². The molecular weight excluding hydrogens is 372 g/mol. The van der Waals surface area contributed by atoms with Crippen LogP contribution in [0.3, 0.4) is 0 Å². The van der Waals surface area contributed by atoms with E-state index in [4.69, 9.17) is 0 Å². The monoisotopic (exact) mass is 396 g/mol. The summed E-state index contributed by atoms with van der Waals surface area (Å²) in [6.07, 6.45) is 3.50. The van der Waals surface area contributed by atoms with Crippen LogP contribution in [0.2, 0.25) is 0 Å². The minimum atomic E-state index is -3.05. The van der Waals surface area contributed by atoms with Crippen LogP contribution >= 0.6 is 0 Å². The van der Waals surface area contributed by atoms with E-state index < -0.39 is 9.84 Å². The first kappa shape index (κ1) is 18.7. The molecule has 1 N–H and O–H groups in total. The second kappa shape index (κ2) is 7.80. The van der Waals surface area contributed by atoms with Gasteiger partial charge in [-0.05, 0) is 30.0 Å². The van der Waals surface area contributed by atoms with Crippen molar-refractivity contribution < 1.29 is 13.2 Å². The fourth-order valence-electron chi connectivity index (χ4n) is 3.98. The number of fused-ring (bicyclic) bond motifs is 1. The summed E-state index contributed by atoms with van der Waals surface area (Å²) < 4.78 is 24.0. The second-order valence-corrected chi connectivity index (χ2v) is 9.64. The van der Waals surface area contributed by atoms with Gasteiger partial charge in [0.2, 0.25) is 5.91 Å². The highest BCUT2D eigenvalue weighted by Gasteiger charge is 2.34. The van der Waals surface area contributed by atoms with Gasteiger partial charge in [0.15, 0.2) is 9.84 Å². The van der Waals surface area contributed by atoms with E-state index in [0.29, 0.717) is 25.8 Å². The van der Waals surface area contributed by atoms with Crippen molar-refractivity contribution in [3.63, 3.8) is 0 Å². The van der Waals surface area contributed by atoms with Crippen LogP contribution in [0.5, 0.6) is 0 Å². The highest BCUT2D eigenvalue weighted by molar-refractivity contribution is 7.91. The number of sulfone groups is 1. The van der Waals surface area contributed by atoms with E-state index in [2.05, 4.69) is 11.1 Å². The Balaban J connectivity index is 1.53. The Morgan fingerprint density at radius 3 is 2.57 bits per heavy atom. The van der Waals surface area contributed by atoms with Gasteiger partial charge in [-0.15, -0.1) is 0 Å². The molecule has 1 fully saturated rings. The molecule has 1 saturated heterocycles. The first-order valence-electron chi connectivity index (χ1n) is 9.61. The maximum Gasteiger partial charge on any atom is 0.227 e. The van der Waals surface area contributed by atoms with Gasteiger partial charge >= 0.3 is 0 Å². The van der Waals surface area contributed by atoms with E-state index in [1.165, 1.54) is 0 Å². The van der Waals surface area contributed by atoms with Gasteiger partial charge in [-0.1, -0.05) is 48.5 Å². The van der Waals surface area contributed by atoms with E-state index in [-0.39, 0.29) is 23.5 Å². The predicted molar refractivity (Wildman–Crippen MR) is 111 cm³/mol. The average molecular weight is 397 g/mol. The van der Waals surface area contributed by atoms with Crippen LogP contribution in [-0.4, -0.2) is 48.3 Å². The second-order valence-electron chi connectivity index (χ2n) is 7.42. The van der Waals surface area contributed by atoms with Crippen LogP contribution in [0.1, 0.15) is 17.5 Å². The van der Waals surface area contributed by atoms with Gasteiger partial charge in [-0.2, -0.15) is 0 Å². The maximum atomic E-state index is 13.1. The van der Waals surface area contributed by atoms with E-state index in [9.17, 15) is 13.2 Å². The van der Waals surface area contributed by atoms with Crippen molar-refractivity contribution in [2.45, 2.75) is 25.3 Å². The number of nitrogens with zero attached hydrogens (tertiary/aromatic N) is 1. The molecule has 28 heavy (non-hydrogen) atoms. The summed E-state index contributed by atoms with van der Waals surface area (Å²) >= 11 is 0. The molecule has 4 rings (SSSR count). The number of aromatic nitrogens is 1. The zero-order valence-corrected chi connectivity index (χ0v) is 16.5. The molecule has 2 aromatic carbocycles. The smallest absolute Gasteiger partial charge is 0.227 e. The molecule has 1 aliphatic rings. The van der Waals surface area contributed by atoms with Crippen molar-refractivity contribution in [3.8, 4) is 0 Å². The number of rotatable bonds is 6. The summed E-state index contributed by atoms with van der Waals surface area (Å²) in [5.74, 6) is 0.231. The van der Waals surface area contributed by atoms with Crippen LogP contribution in [0.15, 0.2) is 60.8 Å². The SMILES string of the molecule is O=C(Cc1ccccc1)N(CCc1c[nH]c2ccccc12)C1CCS(=O)(=O)C1. The van der Waals surface area contributed by atoms with E-state index >= 15 is 0 Å². The number of benzene rings is 2. The molecule has 1 aliphatic heterocycles. The molecule has 1 aromatic heterocycles. The molecule has 2 heterocycles. The Labute approximate surface area is 165 Å². The molecule has 0 aliphatic carbocycles. The van der Waals surface area contributed by atoms with Gasteiger partial charge < -0.3 is 9.88 Å². The van der Waals surface area contributed by atoms with Gasteiger partial charge in [-0.3, -0.25) is 4.79 Å². The standard InChI is InChI=1S/C22H24N2O3S/c25-22(14-17-6-2-1-3-7-17)24(19-11-13-28(26,27)16-19)12-10-18-15-23-21-9-5-4-8-20(18)21/h1-9,15,19,23H,10-14,16H2. The topological polar surface area (TPSA) is 70.2 Å². The summed E-state index contributed by atoms with van der Waals surface area (Å²) in [5, 5.41) is 1.15. The minimum Gasteiger partial charge on any atom is -0.361 e. The molecule has 1 unspecified atom stereocenters. The van der Waals surface area contributed by atoms with Crippen LogP contribution in [0.4, 0.5) is 0 Å². The van der Waals surface area contributed by atoms with Gasteiger partial charge in [0, 0.05) is 29.7 Å². The number of carbonyl (C=O) groups is 1. The van der Waals surface area contributed by atoms with Crippen molar-refractivity contribution >= 4 is 26.6 Å². The molecule has 6 heteroatoms. The number of carbonyl (C=O) groups excluding carboxylic acids is 1. The fourth-order valence-corrected chi connectivity index (χ4v) is 5.71. The van der Waals surface area contributed by atoms with Crippen molar-refractivity contribution in [2.24, 2.45) is 0 Å². The Kier molecular flexibility index (Phi) is 5.22. The largest absolute Gasteiger partial charge is 0.361 e. The third-order valence-electron chi connectivity index (χ3n) is 5.46. The Morgan fingerprint density at radius 2 is 1.82 bits per heavy atom. The fraction of sp³-hybridized carbons (Fsp3) is 0.318. The average Bonchev–Trinajstić information content (AvgIpc) is 3.26. The van der Waals surface area contributed by atoms with Gasteiger partial charge in [-0.25, -0.2) is 8.42 Å². The Bertz CT molecular complexity index is 1070. The number of aromatic amines is 1. The Morgan fingerprint density at radius 1 is 1.07 bits per heavy atom. The number of H-pyrrole nitrogens is 1. The molecule has 1 amide bonds. The summed E-state index contributed by atoms with van der Waals surface area (Å²) in [5.41, 5.74) is 3.17. The summed E-state index contributed by atoms with van der Waals surface area (Å²) in [7, 11) is -3.05. The summed E-state index contributed by atoms with van der Waals surface area (Å²) in [6, 6.07) is 17.5. The number of para-hydroxylation sites is 1. The zero-order chi connectivity index (χ0) is 19.6. The molecule has 3 aromatic rings. The van der Waals surface area contributed by atoms with Crippen molar-refractivity contribution in [2.75, 3.05) is 18.1 Å². The Hall–Kier alpha value is -2.60. The van der Waals surface area contributed by atoms with Gasteiger partial charge in [0.25, 0.3) is 0 Å². The lowest BCUT2D eigenvalue weighted by molar-refractivity contribution is -0.132. The molecule has 0 radical (unpaired) electrons. The first-order chi connectivity index (χ1) is 13.5. The highest BCUT2D eigenvalue weighted by atomic mass is 32.2. The normalized spacial score (nSPS) is 18.4. The predicted octanol–water partition coefficient (Wildman–Crippen LogP) is 2.97. The molecular formula is C22H24N2O3S. The van der Waals surface area contributed by atoms with E-state index in [1.807, 2.05) is 54.7 Å². The number of hydrogen-bond acceptors (Lipinski definition) is 3. The van der Waals surface area contributed by atoms with E-state index in [0.717, 1.165) is 22.0 Å². The van der Waals surface area contributed by atoms with E-state index in [1.54, 1.807) is 4.90 Å². The van der Waals surface area contributed by atoms with Gasteiger partial charge in [0.1, 0.15) is 0 Å². The van der Waals surface area contributed by atoms with Crippen LogP contribution < -0.4 is 0 Å². The van der Waals surface area contributed by atoms with Gasteiger partial charge in [0.05, 0.1) is 17.9 Å². The first-order valence-corrected chi connectivity index (χ1v) is 11.4. The third kappa shape index (κ3) is 4.12. The number of nitrogens with one attached hydrogen (secondary N) is 1. The molecule has 0 bridgehead atoms. The zero-order valence-electron chi connectivity index (χ0n) is 15.7. The quantitative estimate of drug-likeness (QED) is 0.696. The molecule has 0 saturated carbocycles. The van der Waals surface area contributed by atoms with Crippen molar-refractivity contribution in [3.05, 3.63) is 71.9 Å². The molecule has 5 nitrogen and oxygen atoms in total. The molecule has 146 valence electrons. The van der Waals surface area contributed by atoms with Crippen LogP contribution in [0, 0.1) is 0 Å². The van der Waals surface area contributed by atoms with Crippen molar-refractivity contribution in [1.82, 2.24) is 9.88 Å². The molecule has 1 atom stereocenters. The lowest BCUT2D eigenvalue weighted by Gasteiger charge is -2.28. The third-order valence-corrected chi connectivity index (χ3v) is 7.22. The maximum absolute atomic E-state index is 13.1. The number of hydrogen-bond donors (Lipinski definition) is 1. The highest BCUT2D eigenvalue weighted by Crippen LogP contribution is 2.22. The lowest BCUT2D eigenvalue weighted by atomic mass is 10.1. The lowest BCUT2D eigenvalue weighted by Crippen LogP contribution is -2.43. The molecule has 0 spiro atoms.